The van der Waals surface area contributed by atoms with Gasteiger partial charge in [0.1, 0.15) is 5.76 Å². The van der Waals surface area contributed by atoms with Crippen LogP contribution < -0.4 is 9.47 Å². The van der Waals surface area contributed by atoms with Gasteiger partial charge in [-0.2, -0.15) is 0 Å². The van der Waals surface area contributed by atoms with E-state index >= 15 is 0 Å². The minimum Gasteiger partial charge on any atom is -0.493 e. The molecule has 20 heavy (non-hydrogen) atoms. The molecule has 2 rings (SSSR count). The van der Waals surface area contributed by atoms with Crippen LogP contribution in [0.15, 0.2) is 41.0 Å². The first-order valence-corrected chi connectivity index (χ1v) is 6.14. The number of ether oxygens (including phenoxy) is 2. The standard InChI is InChI=1S/C16H16O4/c1-11-9-12(10-15(18-2)16(11)19-3)14(17)7-6-13-5-4-8-20-13/h4-10H,1-3H3. The molecule has 1 aromatic heterocycles. The van der Waals surface area contributed by atoms with Crippen LogP contribution in [0.4, 0.5) is 0 Å². The van der Waals surface area contributed by atoms with Crippen LogP contribution in [0.3, 0.4) is 0 Å². The Bertz CT molecular complexity index is 624. The lowest BCUT2D eigenvalue weighted by atomic mass is 10.1. The number of hydrogen-bond donors (Lipinski definition) is 0. The Balaban J connectivity index is 2.28. The van der Waals surface area contributed by atoms with Gasteiger partial charge in [0.2, 0.25) is 0 Å². The molecule has 0 N–H and O–H groups in total. The predicted octanol–water partition coefficient (Wildman–Crippen LogP) is 3.50. The molecule has 1 heterocycles. The Kier molecular flexibility index (Phi) is 4.25. The SMILES string of the molecule is COc1cc(C(=O)C=Cc2ccco2)cc(C)c1OC. The van der Waals surface area contributed by atoms with Crippen LogP contribution in [0.1, 0.15) is 21.7 Å². The van der Waals surface area contributed by atoms with Crippen LogP contribution in [0.2, 0.25) is 0 Å². The summed E-state index contributed by atoms with van der Waals surface area (Å²) in [5, 5.41) is 0. The molecule has 0 spiro atoms. The molecule has 2 aromatic rings. The van der Waals surface area contributed by atoms with Gasteiger partial charge in [-0.3, -0.25) is 4.79 Å². The lowest BCUT2D eigenvalue weighted by Gasteiger charge is -2.11. The number of carbonyl (C=O) groups is 1. The van der Waals surface area contributed by atoms with Gasteiger partial charge in [0.25, 0.3) is 0 Å². The monoisotopic (exact) mass is 272 g/mol. The molecule has 0 fully saturated rings. The number of hydrogen-bond acceptors (Lipinski definition) is 4. The second-order valence-corrected chi connectivity index (χ2v) is 4.24. The summed E-state index contributed by atoms with van der Waals surface area (Å²) in [4.78, 5) is 12.1. The Hall–Kier alpha value is -2.49. The fraction of sp³-hybridized carbons (Fsp3) is 0.188. The van der Waals surface area contributed by atoms with Crippen molar-refractivity contribution in [3.05, 3.63) is 53.5 Å². The van der Waals surface area contributed by atoms with Gasteiger partial charge in [-0.15, -0.1) is 0 Å². The maximum absolute atomic E-state index is 12.1. The number of benzene rings is 1. The molecule has 104 valence electrons. The second-order valence-electron chi connectivity index (χ2n) is 4.24. The van der Waals surface area contributed by atoms with Crippen molar-refractivity contribution < 1.29 is 18.7 Å². The molecule has 0 aliphatic rings. The molecular formula is C16H16O4. The zero-order chi connectivity index (χ0) is 14.5. The summed E-state index contributed by atoms with van der Waals surface area (Å²) >= 11 is 0. The minimum absolute atomic E-state index is 0.120. The van der Waals surface area contributed by atoms with Crippen LogP contribution in [-0.2, 0) is 0 Å². The van der Waals surface area contributed by atoms with E-state index in [1.54, 1.807) is 50.8 Å². The lowest BCUT2D eigenvalue weighted by Crippen LogP contribution is -1.99. The number of allylic oxidation sites excluding steroid dienone is 1. The number of rotatable bonds is 5. The second kappa shape index (κ2) is 6.10. The molecule has 4 heteroatoms. The maximum atomic E-state index is 12.1. The highest BCUT2D eigenvalue weighted by atomic mass is 16.5. The summed E-state index contributed by atoms with van der Waals surface area (Å²) in [5.74, 6) is 1.70. The quantitative estimate of drug-likeness (QED) is 0.617. The molecule has 0 aliphatic heterocycles. The molecule has 0 amide bonds. The van der Waals surface area contributed by atoms with Gasteiger partial charge in [0, 0.05) is 5.56 Å². The minimum atomic E-state index is -0.120. The smallest absolute Gasteiger partial charge is 0.186 e. The van der Waals surface area contributed by atoms with E-state index in [4.69, 9.17) is 13.9 Å². The maximum Gasteiger partial charge on any atom is 0.186 e. The number of carbonyl (C=O) groups excluding carboxylic acids is 1. The number of methoxy groups -OCH3 is 2. The van der Waals surface area contributed by atoms with Crippen molar-refractivity contribution in [3.63, 3.8) is 0 Å². The molecule has 0 radical (unpaired) electrons. The van der Waals surface area contributed by atoms with E-state index in [0.29, 0.717) is 22.8 Å². The van der Waals surface area contributed by atoms with Crippen LogP contribution >= 0.6 is 0 Å². The topological polar surface area (TPSA) is 48.7 Å². The number of aryl methyl sites for hydroxylation is 1. The van der Waals surface area contributed by atoms with E-state index in [1.165, 1.54) is 6.08 Å². The molecule has 0 aliphatic carbocycles. The predicted molar refractivity (Wildman–Crippen MR) is 76.4 cm³/mol. The van der Waals surface area contributed by atoms with Crippen molar-refractivity contribution >= 4 is 11.9 Å². The van der Waals surface area contributed by atoms with Crippen molar-refractivity contribution in [2.45, 2.75) is 6.92 Å². The van der Waals surface area contributed by atoms with E-state index < -0.39 is 0 Å². The van der Waals surface area contributed by atoms with Crippen LogP contribution in [0.25, 0.3) is 6.08 Å². The molecule has 1 aromatic carbocycles. The van der Waals surface area contributed by atoms with E-state index in [0.717, 1.165) is 5.56 Å². The third-order valence-electron chi connectivity index (χ3n) is 2.89. The lowest BCUT2D eigenvalue weighted by molar-refractivity contribution is 0.104. The Morgan fingerprint density at radius 3 is 2.65 bits per heavy atom. The zero-order valence-corrected chi connectivity index (χ0v) is 11.7. The van der Waals surface area contributed by atoms with Gasteiger partial charge in [0.15, 0.2) is 17.3 Å². The largest absolute Gasteiger partial charge is 0.493 e. The molecule has 4 nitrogen and oxygen atoms in total. The van der Waals surface area contributed by atoms with Crippen molar-refractivity contribution in [1.29, 1.82) is 0 Å². The molecule has 0 atom stereocenters. The van der Waals surface area contributed by atoms with Gasteiger partial charge in [-0.25, -0.2) is 0 Å². The summed E-state index contributed by atoms with van der Waals surface area (Å²) in [6, 6.07) is 6.99. The number of ketones is 1. The highest BCUT2D eigenvalue weighted by molar-refractivity contribution is 6.07. The normalized spacial score (nSPS) is 10.8. The summed E-state index contributed by atoms with van der Waals surface area (Å²) < 4.78 is 15.6. The fourth-order valence-electron chi connectivity index (χ4n) is 1.94. The van der Waals surface area contributed by atoms with Crippen LogP contribution in [0.5, 0.6) is 11.5 Å². The molecule has 0 saturated carbocycles. The Morgan fingerprint density at radius 2 is 2.05 bits per heavy atom. The summed E-state index contributed by atoms with van der Waals surface area (Å²) in [5.41, 5.74) is 1.39. The molecule has 0 bridgehead atoms. The van der Waals surface area contributed by atoms with Crippen molar-refractivity contribution in [3.8, 4) is 11.5 Å². The van der Waals surface area contributed by atoms with Gasteiger partial charge >= 0.3 is 0 Å². The molecular weight excluding hydrogens is 256 g/mol. The van der Waals surface area contributed by atoms with E-state index in [9.17, 15) is 4.79 Å². The zero-order valence-electron chi connectivity index (χ0n) is 11.7. The first kappa shape index (κ1) is 13.9. The Morgan fingerprint density at radius 1 is 1.25 bits per heavy atom. The van der Waals surface area contributed by atoms with E-state index in [1.807, 2.05) is 6.92 Å². The highest BCUT2D eigenvalue weighted by Gasteiger charge is 2.12. The van der Waals surface area contributed by atoms with Crippen LogP contribution in [-0.4, -0.2) is 20.0 Å². The molecule has 0 unspecified atom stereocenters. The average molecular weight is 272 g/mol. The first-order valence-electron chi connectivity index (χ1n) is 6.14. The van der Waals surface area contributed by atoms with Gasteiger partial charge in [-0.1, -0.05) is 0 Å². The third kappa shape index (κ3) is 2.91. The molecule has 0 saturated heterocycles. The van der Waals surface area contributed by atoms with Crippen molar-refractivity contribution in [2.75, 3.05) is 14.2 Å². The van der Waals surface area contributed by atoms with E-state index in [2.05, 4.69) is 0 Å². The van der Waals surface area contributed by atoms with E-state index in [-0.39, 0.29) is 5.78 Å². The summed E-state index contributed by atoms with van der Waals surface area (Å²) in [7, 11) is 3.12. The summed E-state index contributed by atoms with van der Waals surface area (Å²) in [6.45, 7) is 1.87. The Labute approximate surface area is 117 Å². The first-order chi connectivity index (χ1) is 9.65. The van der Waals surface area contributed by atoms with Gasteiger partial charge in [-0.05, 0) is 48.9 Å². The van der Waals surface area contributed by atoms with Crippen molar-refractivity contribution in [2.24, 2.45) is 0 Å². The fourth-order valence-corrected chi connectivity index (χ4v) is 1.94. The van der Waals surface area contributed by atoms with Crippen LogP contribution in [0, 0.1) is 6.92 Å². The summed E-state index contributed by atoms with van der Waals surface area (Å²) in [6.07, 6.45) is 4.67. The van der Waals surface area contributed by atoms with Crippen molar-refractivity contribution in [1.82, 2.24) is 0 Å². The van der Waals surface area contributed by atoms with Gasteiger partial charge < -0.3 is 13.9 Å². The van der Waals surface area contributed by atoms with Gasteiger partial charge in [0.05, 0.1) is 20.5 Å². The average Bonchev–Trinajstić information content (AvgIpc) is 2.97. The number of furan rings is 1. The third-order valence-corrected chi connectivity index (χ3v) is 2.89. The highest BCUT2D eigenvalue weighted by Crippen LogP contribution is 2.32.